The molecule has 1 aliphatic heterocycles. The highest BCUT2D eigenvalue weighted by Crippen LogP contribution is 2.31. The summed E-state index contributed by atoms with van der Waals surface area (Å²) in [6.07, 6.45) is 2.37. The number of carbonyl (C=O) groups excluding carboxylic acids is 1. The van der Waals surface area contributed by atoms with Crippen LogP contribution in [0.25, 0.3) is 0 Å². The third kappa shape index (κ3) is 2.59. The lowest BCUT2D eigenvalue weighted by Gasteiger charge is -2.16. The van der Waals surface area contributed by atoms with Crippen molar-refractivity contribution in [3.05, 3.63) is 23.8 Å². The Labute approximate surface area is 101 Å². The van der Waals surface area contributed by atoms with Gasteiger partial charge >= 0.3 is 0 Å². The van der Waals surface area contributed by atoms with E-state index in [1.807, 2.05) is 31.7 Å². The largest absolute Gasteiger partial charge is 0.326 e. The molecule has 0 radical (unpaired) electrons. The Morgan fingerprint density at radius 2 is 2.25 bits per heavy atom. The summed E-state index contributed by atoms with van der Waals surface area (Å²) in [6.45, 7) is 3.81. The summed E-state index contributed by atoms with van der Waals surface area (Å²) in [5, 5.41) is 2.94. The molecular weight excluding hydrogens is 218 g/mol. The van der Waals surface area contributed by atoms with Crippen molar-refractivity contribution in [2.45, 2.75) is 31.6 Å². The summed E-state index contributed by atoms with van der Waals surface area (Å²) in [4.78, 5) is 12.9. The monoisotopic (exact) mass is 235 g/mol. The standard InChI is InChI=1S/C13H17NOS/c1-9(2)13(15)14-11-5-6-12-10(8-11)4-3-7-16-12/h5-6,8-9H,3-4,7H2,1-2H3,(H,14,15). The minimum Gasteiger partial charge on any atom is -0.326 e. The second-order valence-corrected chi connectivity index (χ2v) is 5.56. The first-order chi connectivity index (χ1) is 7.66. The molecule has 0 spiro atoms. The van der Waals surface area contributed by atoms with Crippen molar-refractivity contribution in [2.75, 3.05) is 11.1 Å². The molecule has 2 nitrogen and oxygen atoms in total. The van der Waals surface area contributed by atoms with E-state index >= 15 is 0 Å². The molecule has 2 rings (SSSR count). The Bertz CT molecular complexity index is 401. The molecule has 0 aliphatic carbocycles. The molecule has 1 aromatic carbocycles. The topological polar surface area (TPSA) is 29.1 Å². The third-order valence-corrected chi connectivity index (χ3v) is 3.90. The van der Waals surface area contributed by atoms with Gasteiger partial charge in [0.2, 0.25) is 5.91 Å². The lowest BCUT2D eigenvalue weighted by atomic mass is 10.1. The molecule has 1 aromatic rings. The van der Waals surface area contributed by atoms with E-state index in [-0.39, 0.29) is 11.8 Å². The number of anilines is 1. The molecule has 0 aromatic heterocycles. The maximum Gasteiger partial charge on any atom is 0.226 e. The second-order valence-electron chi connectivity index (χ2n) is 4.42. The Morgan fingerprint density at radius 1 is 1.44 bits per heavy atom. The number of carbonyl (C=O) groups is 1. The molecule has 3 heteroatoms. The fourth-order valence-electron chi connectivity index (χ4n) is 1.72. The van der Waals surface area contributed by atoms with Crippen LogP contribution in [0.5, 0.6) is 0 Å². The zero-order chi connectivity index (χ0) is 11.5. The minimum absolute atomic E-state index is 0.0328. The van der Waals surface area contributed by atoms with E-state index in [9.17, 15) is 4.79 Å². The first kappa shape index (κ1) is 11.5. The predicted molar refractivity (Wildman–Crippen MR) is 69.0 cm³/mol. The van der Waals surface area contributed by atoms with Crippen molar-refractivity contribution in [1.82, 2.24) is 0 Å². The number of hydrogen-bond donors (Lipinski definition) is 1. The second kappa shape index (κ2) is 4.91. The molecule has 0 bridgehead atoms. The average molecular weight is 235 g/mol. The summed E-state index contributed by atoms with van der Waals surface area (Å²) >= 11 is 1.91. The smallest absolute Gasteiger partial charge is 0.226 e. The van der Waals surface area contributed by atoms with Gasteiger partial charge in [-0.3, -0.25) is 4.79 Å². The van der Waals surface area contributed by atoms with Crippen molar-refractivity contribution < 1.29 is 4.79 Å². The van der Waals surface area contributed by atoms with E-state index in [0.29, 0.717) is 0 Å². The molecule has 0 fully saturated rings. The van der Waals surface area contributed by atoms with Gasteiger partial charge in [-0.2, -0.15) is 0 Å². The number of aryl methyl sites for hydroxylation is 1. The third-order valence-electron chi connectivity index (χ3n) is 2.70. The molecule has 16 heavy (non-hydrogen) atoms. The summed E-state index contributed by atoms with van der Waals surface area (Å²) in [6, 6.07) is 6.23. The highest BCUT2D eigenvalue weighted by Gasteiger charge is 2.12. The summed E-state index contributed by atoms with van der Waals surface area (Å²) in [5.74, 6) is 1.33. The van der Waals surface area contributed by atoms with Gasteiger partial charge in [0.25, 0.3) is 0 Å². The van der Waals surface area contributed by atoms with Gasteiger partial charge in [0.15, 0.2) is 0 Å². The van der Waals surface area contributed by atoms with Crippen LogP contribution in [0, 0.1) is 5.92 Å². The average Bonchev–Trinajstić information content (AvgIpc) is 2.28. The van der Waals surface area contributed by atoms with Crippen molar-refractivity contribution in [1.29, 1.82) is 0 Å². The fourth-order valence-corrected chi connectivity index (χ4v) is 2.74. The Morgan fingerprint density at radius 3 is 3.00 bits per heavy atom. The highest BCUT2D eigenvalue weighted by atomic mass is 32.2. The van der Waals surface area contributed by atoms with Gasteiger partial charge in [-0.1, -0.05) is 13.8 Å². The van der Waals surface area contributed by atoms with E-state index in [4.69, 9.17) is 0 Å². The SMILES string of the molecule is CC(C)C(=O)Nc1ccc2c(c1)CCCS2. The number of amides is 1. The van der Waals surface area contributed by atoms with Crippen LogP contribution >= 0.6 is 11.8 Å². The maximum atomic E-state index is 11.6. The van der Waals surface area contributed by atoms with Gasteiger partial charge in [0, 0.05) is 16.5 Å². The van der Waals surface area contributed by atoms with Gasteiger partial charge in [0.1, 0.15) is 0 Å². The molecule has 0 unspecified atom stereocenters. The Kier molecular flexibility index (Phi) is 3.54. The molecule has 1 heterocycles. The van der Waals surface area contributed by atoms with Crippen LogP contribution in [0.4, 0.5) is 5.69 Å². The maximum absolute atomic E-state index is 11.6. The van der Waals surface area contributed by atoms with Gasteiger partial charge < -0.3 is 5.32 Å². The van der Waals surface area contributed by atoms with Crippen LogP contribution in [0.1, 0.15) is 25.8 Å². The van der Waals surface area contributed by atoms with Crippen molar-refractivity contribution in [3.8, 4) is 0 Å². The number of fused-ring (bicyclic) bond motifs is 1. The first-order valence-corrected chi connectivity index (χ1v) is 6.72. The van der Waals surface area contributed by atoms with E-state index in [0.717, 1.165) is 12.1 Å². The van der Waals surface area contributed by atoms with Crippen LogP contribution in [-0.2, 0) is 11.2 Å². The predicted octanol–water partition coefficient (Wildman–Crippen LogP) is 3.32. The zero-order valence-corrected chi connectivity index (χ0v) is 10.6. The molecule has 1 amide bonds. The summed E-state index contributed by atoms with van der Waals surface area (Å²) < 4.78 is 0. The number of hydrogen-bond acceptors (Lipinski definition) is 2. The summed E-state index contributed by atoms with van der Waals surface area (Å²) in [5.41, 5.74) is 2.30. The molecule has 1 aliphatic rings. The quantitative estimate of drug-likeness (QED) is 0.852. The molecular formula is C13H17NOS. The zero-order valence-electron chi connectivity index (χ0n) is 9.75. The van der Waals surface area contributed by atoms with Crippen LogP contribution in [-0.4, -0.2) is 11.7 Å². The Balaban J connectivity index is 2.14. The fraction of sp³-hybridized carbons (Fsp3) is 0.462. The van der Waals surface area contributed by atoms with Gasteiger partial charge in [0.05, 0.1) is 0 Å². The molecule has 0 saturated carbocycles. The van der Waals surface area contributed by atoms with Crippen molar-refractivity contribution in [2.24, 2.45) is 5.92 Å². The lowest BCUT2D eigenvalue weighted by Crippen LogP contribution is -2.17. The van der Waals surface area contributed by atoms with Crippen LogP contribution in [0.2, 0.25) is 0 Å². The van der Waals surface area contributed by atoms with E-state index < -0.39 is 0 Å². The van der Waals surface area contributed by atoms with Crippen molar-refractivity contribution >= 4 is 23.4 Å². The Hall–Kier alpha value is -0.960. The molecule has 0 saturated heterocycles. The van der Waals surface area contributed by atoms with Crippen LogP contribution < -0.4 is 5.32 Å². The normalized spacial score (nSPS) is 14.7. The number of rotatable bonds is 2. The molecule has 86 valence electrons. The highest BCUT2D eigenvalue weighted by molar-refractivity contribution is 7.99. The summed E-state index contributed by atoms with van der Waals surface area (Å²) in [7, 11) is 0. The molecule has 1 N–H and O–H groups in total. The number of benzene rings is 1. The minimum atomic E-state index is 0.0328. The van der Waals surface area contributed by atoms with Crippen LogP contribution in [0.15, 0.2) is 23.1 Å². The van der Waals surface area contributed by atoms with E-state index in [1.165, 1.54) is 22.6 Å². The van der Waals surface area contributed by atoms with Crippen LogP contribution in [0.3, 0.4) is 0 Å². The van der Waals surface area contributed by atoms with E-state index in [2.05, 4.69) is 17.4 Å². The van der Waals surface area contributed by atoms with Gasteiger partial charge in [-0.15, -0.1) is 11.8 Å². The molecule has 0 atom stereocenters. The van der Waals surface area contributed by atoms with Crippen molar-refractivity contribution in [3.63, 3.8) is 0 Å². The first-order valence-electron chi connectivity index (χ1n) is 5.73. The van der Waals surface area contributed by atoms with Gasteiger partial charge in [-0.05, 0) is 42.4 Å². The lowest BCUT2D eigenvalue weighted by molar-refractivity contribution is -0.118. The van der Waals surface area contributed by atoms with E-state index in [1.54, 1.807) is 0 Å². The number of thioether (sulfide) groups is 1. The van der Waals surface area contributed by atoms with Gasteiger partial charge in [-0.25, -0.2) is 0 Å². The number of nitrogens with one attached hydrogen (secondary N) is 1.